The summed E-state index contributed by atoms with van der Waals surface area (Å²) >= 11 is 1.35. The quantitative estimate of drug-likeness (QED) is 0.830. The van der Waals surface area contributed by atoms with Gasteiger partial charge < -0.3 is 15.2 Å². The fraction of sp³-hybridized carbons (Fsp3) is 0.444. The first-order chi connectivity index (χ1) is 12.5. The molecule has 0 saturated heterocycles. The molecule has 2 amide bonds. The van der Waals surface area contributed by atoms with Crippen molar-refractivity contribution in [1.29, 1.82) is 0 Å². The second-order valence-corrected chi connectivity index (χ2v) is 7.75. The van der Waals surface area contributed by atoms with Gasteiger partial charge in [0.05, 0.1) is 23.4 Å². The minimum Gasteiger partial charge on any atom is -0.340 e. The van der Waals surface area contributed by atoms with E-state index in [-0.39, 0.29) is 23.3 Å². The van der Waals surface area contributed by atoms with E-state index >= 15 is 0 Å². The lowest BCUT2D eigenvalue weighted by Gasteiger charge is -2.31. The number of hydrogen-bond donors (Lipinski definition) is 2. The van der Waals surface area contributed by atoms with Crippen LogP contribution in [0.5, 0.6) is 0 Å². The number of nitrogens with one attached hydrogen (secondary N) is 2. The topological polar surface area (TPSA) is 95.2 Å². The van der Waals surface area contributed by atoms with Gasteiger partial charge in [0.2, 0.25) is 5.91 Å². The van der Waals surface area contributed by atoms with Crippen LogP contribution in [0.4, 0.5) is 0 Å². The molecule has 0 aliphatic carbocycles. The maximum Gasteiger partial charge on any atom is 0.261 e. The van der Waals surface area contributed by atoms with Crippen molar-refractivity contribution in [2.24, 2.45) is 5.92 Å². The van der Waals surface area contributed by atoms with Crippen LogP contribution in [0.2, 0.25) is 0 Å². The normalized spacial score (nSPS) is 14.8. The van der Waals surface area contributed by atoms with E-state index in [1.807, 2.05) is 25.3 Å². The van der Waals surface area contributed by atoms with Crippen LogP contribution in [0.1, 0.15) is 41.2 Å². The first-order valence-electron chi connectivity index (χ1n) is 8.64. The summed E-state index contributed by atoms with van der Waals surface area (Å²) in [5.74, 6) is -0.104. The van der Waals surface area contributed by atoms with E-state index in [0.29, 0.717) is 42.1 Å². The Morgan fingerprint density at radius 1 is 1.42 bits per heavy atom. The highest BCUT2D eigenvalue weighted by atomic mass is 32.1. The van der Waals surface area contributed by atoms with E-state index < -0.39 is 6.04 Å². The fourth-order valence-corrected chi connectivity index (χ4v) is 3.73. The van der Waals surface area contributed by atoms with Gasteiger partial charge in [0, 0.05) is 12.1 Å². The van der Waals surface area contributed by atoms with Crippen molar-refractivity contribution in [3.05, 3.63) is 50.3 Å². The zero-order valence-corrected chi connectivity index (χ0v) is 15.6. The summed E-state index contributed by atoms with van der Waals surface area (Å²) in [6.07, 6.45) is 2.39. The lowest BCUT2D eigenvalue weighted by molar-refractivity contribution is -0.134. The van der Waals surface area contributed by atoms with Gasteiger partial charge in [-0.15, -0.1) is 11.3 Å². The van der Waals surface area contributed by atoms with Crippen LogP contribution < -0.4 is 10.9 Å². The van der Waals surface area contributed by atoms with Crippen molar-refractivity contribution in [2.75, 3.05) is 6.54 Å². The summed E-state index contributed by atoms with van der Waals surface area (Å²) in [5, 5.41) is 4.71. The molecule has 0 bridgehead atoms. The highest BCUT2D eigenvalue weighted by Gasteiger charge is 2.30. The minimum atomic E-state index is -0.590. The number of nitrogens with zero attached hydrogens (tertiary/aromatic N) is 2. The van der Waals surface area contributed by atoms with Crippen LogP contribution >= 0.6 is 11.3 Å². The van der Waals surface area contributed by atoms with E-state index in [9.17, 15) is 14.4 Å². The highest BCUT2D eigenvalue weighted by Crippen LogP contribution is 2.17. The zero-order valence-electron chi connectivity index (χ0n) is 14.8. The van der Waals surface area contributed by atoms with E-state index in [4.69, 9.17) is 0 Å². The third-order valence-corrected chi connectivity index (χ3v) is 5.25. The van der Waals surface area contributed by atoms with Crippen molar-refractivity contribution in [3.63, 3.8) is 0 Å². The Morgan fingerprint density at radius 2 is 2.23 bits per heavy atom. The van der Waals surface area contributed by atoms with Gasteiger partial charge in [-0.1, -0.05) is 19.9 Å². The number of carbonyl (C=O) groups is 2. The van der Waals surface area contributed by atoms with Crippen molar-refractivity contribution < 1.29 is 9.59 Å². The smallest absolute Gasteiger partial charge is 0.261 e. The average Bonchev–Trinajstić information content (AvgIpc) is 3.15. The Bertz CT molecular complexity index is 844. The summed E-state index contributed by atoms with van der Waals surface area (Å²) in [6, 6.07) is 2.96. The van der Waals surface area contributed by atoms with Gasteiger partial charge in [0.15, 0.2) is 0 Å². The first-order valence-corrected chi connectivity index (χ1v) is 9.52. The van der Waals surface area contributed by atoms with Crippen LogP contribution in [0.15, 0.2) is 28.6 Å². The molecule has 1 unspecified atom stereocenters. The number of carbonyl (C=O) groups excluding carboxylic acids is 2. The van der Waals surface area contributed by atoms with Gasteiger partial charge in [0.1, 0.15) is 6.04 Å². The standard InChI is InChI=1S/C18H22N4O3S/c1-11(2)8-13(21-17(24)15-4-3-7-26-15)18(25)22-6-5-12-14(9-22)19-10-20-16(12)23/h3-4,7,10-11,13H,5-6,8-9H2,1-2H3,(H,21,24)(H,19,20,23). The highest BCUT2D eigenvalue weighted by molar-refractivity contribution is 7.12. The summed E-state index contributed by atoms with van der Waals surface area (Å²) in [6.45, 7) is 4.78. The van der Waals surface area contributed by atoms with Crippen molar-refractivity contribution in [2.45, 2.75) is 39.3 Å². The molecule has 0 spiro atoms. The van der Waals surface area contributed by atoms with Crippen molar-refractivity contribution in [3.8, 4) is 0 Å². The molecule has 0 radical (unpaired) electrons. The third-order valence-electron chi connectivity index (χ3n) is 4.38. The molecule has 1 atom stereocenters. The molecule has 0 fully saturated rings. The van der Waals surface area contributed by atoms with Crippen LogP contribution in [0.3, 0.4) is 0 Å². The molecule has 3 heterocycles. The maximum atomic E-state index is 13.0. The molecule has 0 aromatic carbocycles. The minimum absolute atomic E-state index is 0.128. The number of H-pyrrole nitrogens is 1. The summed E-state index contributed by atoms with van der Waals surface area (Å²) in [4.78, 5) is 46.3. The largest absolute Gasteiger partial charge is 0.340 e. The molecular formula is C18H22N4O3S. The number of hydrogen-bond acceptors (Lipinski definition) is 5. The molecular weight excluding hydrogens is 352 g/mol. The molecule has 3 rings (SSSR count). The first kappa shape index (κ1) is 18.3. The molecule has 1 aliphatic rings. The number of aromatic nitrogens is 2. The molecule has 2 aromatic heterocycles. The average molecular weight is 374 g/mol. The summed E-state index contributed by atoms with van der Waals surface area (Å²) in [7, 11) is 0. The van der Waals surface area contributed by atoms with E-state index in [2.05, 4.69) is 15.3 Å². The van der Waals surface area contributed by atoms with Gasteiger partial charge in [0.25, 0.3) is 11.5 Å². The summed E-state index contributed by atoms with van der Waals surface area (Å²) in [5.41, 5.74) is 1.12. The molecule has 8 heteroatoms. The predicted octanol–water partition coefficient (Wildman–Crippen LogP) is 1.56. The monoisotopic (exact) mass is 374 g/mol. The van der Waals surface area contributed by atoms with Gasteiger partial charge in [-0.25, -0.2) is 4.98 Å². The van der Waals surface area contributed by atoms with Gasteiger partial charge in [-0.2, -0.15) is 0 Å². The molecule has 7 nitrogen and oxygen atoms in total. The van der Waals surface area contributed by atoms with Gasteiger partial charge in [-0.3, -0.25) is 14.4 Å². The van der Waals surface area contributed by atoms with E-state index in [0.717, 1.165) is 0 Å². The van der Waals surface area contributed by atoms with Gasteiger partial charge >= 0.3 is 0 Å². The molecule has 138 valence electrons. The van der Waals surface area contributed by atoms with Crippen molar-refractivity contribution >= 4 is 23.2 Å². The SMILES string of the molecule is CC(C)CC(NC(=O)c1cccs1)C(=O)N1CCc2c(nc[nH]c2=O)C1. The van der Waals surface area contributed by atoms with Crippen LogP contribution in [-0.4, -0.2) is 39.3 Å². The Morgan fingerprint density at radius 3 is 2.92 bits per heavy atom. The van der Waals surface area contributed by atoms with E-state index in [1.165, 1.54) is 17.7 Å². The second kappa shape index (κ2) is 7.82. The fourth-order valence-electron chi connectivity index (χ4n) is 3.10. The van der Waals surface area contributed by atoms with Crippen LogP contribution in [0.25, 0.3) is 0 Å². The Balaban J connectivity index is 1.75. The lowest BCUT2D eigenvalue weighted by atomic mass is 10.0. The number of aromatic amines is 1. The molecule has 1 aliphatic heterocycles. The van der Waals surface area contributed by atoms with Crippen molar-refractivity contribution in [1.82, 2.24) is 20.2 Å². The molecule has 26 heavy (non-hydrogen) atoms. The molecule has 0 saturated carbocycles. The lowest BCUT2D eigenvalue weighted by Crippen LogP contribution is -2.50. The number of fused-ring (bicyclic) bond motifs is 1. The number of rotatable bonds is 5. The maximum absolute atomic E-state index is 13.0. The third kappa shape index (κ3) is 4.01. The second-order valence-electron chi connectivity index (χ2n) is 6.80. The Hall–Kier alpha value is -2.48. The molecule has 2 N–H and O–H groups in total. The van der Waals surface area contributed by atoms with Gasteiger partial charge in [-0.05, 0) is 30.2 Å². The Kier molecular flexibility index (Phi) is 5.51. The summed E-state index contributed by atoms with van der Waals surface area (Å²) < 4.78 is 0. The van der Waals surface area contributed by atoms with E-state index in [1.54, 1.807) is 11.0 Å². The number of thiophene rings is 1. The van der Waals surface area contributed by atoms with Crippen LogP contribution in [-0.2, 0) is 17.8 Å². The molecule has 2 aromatic rings. The zero-order chi connectivity index (χ0) is 18.7. The number of amides is 2. The Labute approximate surface area is 155 Å². The van der Waals surface area contributed by atoms with Crippen LogP contribution in [0, 0.1) is 5.92 Å². The predicted molar refractivity (Wildman–Crippen MR) is 99.0 cm³/mol.